The van der Waals surface area contributed by atoms with E-state index >= 15 is 0 Å². The second-order valence-electron chi connectivity index (χ2n) is 5.47. The van der Waals surface area contributed by atoms with Gasteiger partial charge in [0, 0.05) is 13.1 Å². The van der Waals surface area contributed by atoms with Gasteiger partial charge in [-0.2, -0.15) is 0 Å². The number of rotatable bonds is 10. The molecule has 0 saturated carbocycles. The van der Waals surface area contributed by atoms with Crippen LogP contribution in [0.2, 0.25) is 0 Å². The third kappa shape index (κ3) is 5.77. The number of hydrogen-bond acceptors (Lipinski definition) is 3. The molecule has 0 aromatic heterocycles. The smallest absolute Gasteiger partial charge is 0.221 e. The highest BCUT2D eigenvalue weighted by atomic mass is 32.2. The van der Waals surface area contributed by atoms with Gasteiger partial charge in [-0.25, -0.2) is 12.7 Å². The van der Waals surface area contributed by atoms with Crippen LogP contribution in [0.25, 0.3) is 0 Å². The molecule has 6 heteroatoms. The van der Waals surface area contributed by atoms with E-state index in [4.69, 9.17) is 5.73 Å². The summed E-state index contributed by atoms with van der Waals surface area (Å²) in [7, 11) is -3.48. The van der Waals surface area contributed by atoms with Crippen LogP contribution in [0, 0.1) is 5.92 Å². The molecular weight excluding hydrogens is 300 g/mol. The van der Waals surface area contributed by atoms with Crippen LogP contribution in [0.15, 0.2) is 30.3 Å². The minimum absolute atomic E-state index is 0.225. The predicted molar refractivity (Wildman–Crippen MR) is 88.8 cm³/mol. The van der Waals surface area contributed by atoms with E-state index in [-0.39, 0.29) is 5.75 Å². The summed E-state index contributed by atoms with van der Waals surface area (Å²) in [6.07, 6.45) is 1.85. The summed E-state index contributed by atoms with van der Waals surface area (Å²) in [4.78, 5) is 11.7. The SMILES string of the molecule is CCCN(CCC)S(=O)(=O)CC(Cc1ccccc1)C(N)=O. The van der Waals surface area contributed by atoms with Gasteiger partial charge in [0.15, 0.2) is 0 Å². The van der Waals surface area contributed by atoms with E-state index in [1.165, 1.54) is 4.31 Å². The average molecular weight is 326 g/mol. The fraction of sp³-hybridized carbons (Fsp3) is 0.562. The lowest BCUT2D eigenvalue weighted by atomic mass is 10.0. The summed E-state index contributed by atoms with van der Waals surface area (Å²) in [6, 6.07) is 9.35. The van der Waals surface area contributed by atoms with Gasteiger partial charge in [0.1, 0.15) is 0 Å². The van der Waals surface area contributed by atoms with Crippen molar-refractivity contribution in [3.05, 3.63) is 35.9 Å². The molecule has 0 fully saturated rings. The monoisotopic (exact) mass is 326 g/mol. The highest BCUT2D eigenvalue weighted by molar-refractivity contribution is 7.89. The van der Waals surface area contributed by atoms with Crippen LogP contribution < -0.4 is 5.73 Å². The molecular formula is C16H26N2O3S. The maximum absolute atomic E-state index is 12.5. The van der Waals surface area contributed by atoms with Crippen LogP contribution in [-0.4, -0.2) is 37.5 Å². The molecule has 0 spiro atoms. The number of primary amides is 1. The molecule has 22 heavy (non-hydrogen) atoms. The molecule has 0 aliphatic rings. The van der Waals surface area contributed by atoms with Gasteiger partial charge in [-0.1, -0.05) is 44.2 Å². The summed E-state index contributed by atoms with van der Waals surface area (Å²) in [5.74, 6) is -1.50. The van der Waals surface area contributed by atoms with Gasteiger partial charge in [-0.3, -0.25) is 4.79 Å². The van der Waals surface area contributed by atoms with Crippen molar-refractivity contribution >= 4 is 15.9 Å². The van der Waals surface area contributed by atoms with Crippen molar-refractivity contribution in [2.75, 3.05) is 18.8 Å². The predicted octanol–water partition coefficient (Wildman–Crippen LogP) is 1.78. The number of amides is 1. The van der Waals surface area contributed by atoms with Gasteiger partial charge in [0.25, 0.3) is 0 Å². The Morgan fingerprint density at radius 3 is 2.14 bits per heavy atom. The van der Waals surface area contributed by atoms with Crippen molar-refractivity contribution in [2.45, 2.75) is 33.1 Å². The Kier molecular flexibility index (Phi) is 7.55. The number of carbonyl (C=O) groups excluding carboxylic acids is 1. The zero-order valence-corrected chi connectivity index (χ0v) is 14.2. The van der Waals surface area contributed by atoms with E-state index in [2.05, 4.69) is 0 Å². The first-order chi connectivity index (χ1) is 10.4. The molecule has 0 heterocycles. The first kappa shape index (κ1) is 18.6. The minimum atomic E-state index is -3.48. The van der Waals surface area contributed by atoms with E-state index in [9.17, 15) is 13.2 Å². The van der Waals surface area contributed by atoms with Crippen LogP contribution in [0.1, 0.15) is 32.3 Å². The fourth-order valence-electron chi connectivity index (χ4n) is 2.39. The number of nitrogens with zero attached hydrogens (tertiary/aromatic N) is 1. The van der Waals surface area contributed by atoms with E-state index in [1.54, 1.807) is 0 Å². The molecule has 0 radical (unpaired) electrons. The third-order valence-corrected chi connectivity index (χ3v) is 5.45. The molecule has 0 aliphatic heterocycles. The van der Waals surface area contributed by atoms with E-state index in [0.717, 1.165) is 18.4 Å². The van der Waals surface area contributed by atoms with Crippen molar-refractivity contribution in [2.24, 2.45) is 11.7 Å². The molecule has 0 saturated heterocycles. The first-order valence-corrected chi connectivity index (χ1v) is 9.32. The molecule has 124 valence electrons. The summed E-state index contributed by atoms with van der Waals surface area (Å²) in [6.45, 7) is 4.83. The van der Waals surface area contributed by atoms with Crippen LogP contribution in [0.5, 0.6) is 0 Å². The standard InChI is InChI=1S/C16H26N2O3S/c1-3-10-18(11-4-2)22(20,21)13-15(16(17)19)12-14-8-6-5-7-9-14/h5-9,15H,3-4,10-13H2,1-2H3,(H2,17,19). The van der Waals surface area contributed by atoms with Crippen LogP contribution in [0.4, 0.5) is 0 Å². The summed E-state index contributed by atoms with van der Waals surface area (Å²) >= 11 is 0. The minimum Gasteiger partial charge on any atom is -0.369 e. The second kappa shape index (κ2) is 8.90. The average Bonchev–Trinajstić information content (AvgIpc) is 2.47. The molecule has 1 rings (SSSR count). The molecule has 1 atom stereocenters. The van der Waals surface area contributed by atoms with Crippen molar-refractivity contribution in [3.63, 3.8) is 0 Å². The topological polar surface area (TPSA) is 80.5 Å². The molecule has 0 aliphatic carbocycles. The van der Waals surface area contributed by atoms with Gasteiger partial charge >= 0.3 is 0 Å². The van der Waals surface area contributed by atoms with Gasteiger partial charge < -0.3 is 5.73 Å². The molecule has 1 aromatic rings. The van der Waals surface area contributed by atoms with Crippen LogP contribution in [0.3, 0.4) is 0 Å². The van der Waals surface area contributed by atoms with Crippen LogP contribution in [-0.2, 0) is 21.2 Å². The Hall–Kier alpha value is -1.40. The Morgan fingerprint density at radius 1 is 1.14 bits per heavy atom. The zero-order chi connectivity index (χ0) is 16.6. The van der Waals surface area contributed by atoms with Crippen molar-refractivity contribution in [1.29, 1.82) is 0 Å². The van der Waals surface area contributed by atoms with Gasteiger partial charge in [0.2, 0.25) is 15.9 Å². The lowest BCUT2D eigenvalue weighted by Gasteiger charge is -2.23. The van der Waals surface area contributed by atoms with Crippen molar-refractivity contribution < 1.29 is 13.2 Å². The van der Waals surface area contributed by atoms with Crippen molar-refractivity contribution in [3.8, 4) is 0 Å². The lowest BCUT2D eigenvalue weighted by Crippen LogP contribution is -2.40. The summed E-state index contributed by atoms with van der Waals surface area (Å²) in [5, 5.41) is 0. The highest BCUT2D eigenvalue weighted by Crippen LogP contribution is 2.14. The second-order valence-corrected chi connectivity index (χ2v) is 7.48. The van der Waals surface area contributed by atoms with Crippen molar-refractivity contribution in [1.82, 2.24) is 4.31 Å². The van der Waals surface area contributed by atoms with Gasteiger partial charge in [0.05, 0.1) is 11.7 Å². The third-order valence-electron chi connectivity index (χ3n) is 3.48. The molecule has 5 nitrogen and oxygen atoms in total. The van der Waals surface area contributed by atoms with E-state index < -0.39 is 21.8 Å². The fourth-order valence-corrected chi connectivity index (χ4v) is 4.31. The van der Waals surface area contributed by atoms with Crippen LogP contribution >= 0.6 is 0 Å². The molecule has 1 amide bonds. The number of benzene rings is 1. The summed E-state index contributed by atoms with van der Waals surface area (Å²) < 4.78 is 26.5. The highest BCUT2D eigenvalue weighted by Gasteiger charge is 2.28. The normalized spacial score (nSPS) is 13.2. The van der Waals surface area contributed by atoms with E-state index in [1.807, 2.05) is 44.2 Å². The maximum atomic E-state index is 12.5. The zero-order valence-electron chi connectivity index (χ0n) is 13.4. The lowest BCUT2D eigenvalue weighted by molar-refractivity contribution is -0.121. The van der Waals surface area contributed by atoms with Gasteiger partial charge in [-0.15, -0.1) is 0 Å². The number of hydrogen-bond donors (Lipinski definition) is 1. The molecule has 1 unspecified atom stereocenters. The molecule has 2 N–H and O–H groups in total. The largest absolute Gasteiger partial charge is 0.369 e. The Morgan fingerprint density at radius 2 is 1.68 bits per heavy atom. The number of sulfonamides is 1. The maximum Gasteiger partial charge on any atom is 0.221 e. The Labute approximate surface area is 133 Å². The van der Waals surface area contributed by atoms with E-state index in [0.29, 0.717) is 19.5 Å². The molecule has 0 bridgehead atoms. The Balaban J connectivity index is 2.86. The Bertz CT molecular complexity index is 552. The summed E-state index contributed by atoms with van der Waals surface area (Å²) in [5.41, 5.74) is 6.33. The first-order valence-electron chi connectivity index (χ1n) is 7.71. The number of nitrogens with two attached hydrogens (primary N) is 1. The molecule has 1 aromatic carbocycles. The quantitative estimate of drug-likeness (QED) is 0.711. The van der Waals surface area contributed by atoms with Gasteiger partial charge in [-0.05, 0) is 24.8 Å². The number of carbonyl (C=O) groups is 1.